The summed E-state index contributed by atoms with van der Waals surface area (Å²) in [7, 11) is 1.81. The third-order valence-corrected chi connectivity index (χ3v) is 2.95. The predicted octanol–water partition coefficient (Wildman–Crippen LogP) is -0.905. The van der Waals surface area contributed by atoms with Crippen LogP contribution in [0, 0.1) is 0 Å². The summed E-state index contributed by atoms with van der Waals surface area (Å²) in [5.74, 6) is 0.501. The van der Waals surface area contributed by atoms with Gasteiger partial charge in [-0.2, -0.15) is 5.10 Å². The molecule has 0 saturated carbocycles. The van der Waals surface area contributed by atoms with Crippen LogP contribution in [0.25, 0.3) is 0 Å². The Morgan fingerprint density at radius 1 is 1.50 bits per heavy atom. The number of hydrogen-bond donors (Lipinski definition) is 1. The SMILES string of the molecule is CCN1C(=O)CC(NCCc2ncn(C)n2)C1=O. The van der Waals surface area contributed by atoms with E-state index in [1.807, 2.05) is 7.05 Å². The number of likely N-dealkylation sites (N-methyl/N-ethyl adjacent to an activating group) is 1. The lowest BCUT2D eigenvalue weighted by atomic mass is 10.2. The zero-order chi connectivity index (χ0) is 13.1. The van der Waals surface area contributed by atoms with E-state index in [4.69, 9.17) is 0 Å². The molecule has 0 radical (unpaired) electrons. The quantitative estimate of drug-likeness (QED) is 0.686. The monoisotopic (exact) mass is 251 g/mol. The molecule has 7 heteroatoms. The minimum Gasteiger partial charge on any atom is -0.305 e. The Bertz CT molecular complexity index is 456. The molecule has 0 aromatic carbocycles. The zero-order valence-corrected chi connectivity index (χ0v) is 10.6. The van der Waals surface area contributed by atoms with Gasteiger partial charge in [0.15, 0.2) is 5.82 Å². The van der Waals surface area contributed by atoms with Crippen molar-refractivity contribution in [1.29, 1.82) is 0 Å². The van der Waals surface area contributed by atoms with Crippen LogP contribution in [0.1, 0.15) is 19.2 Å². The number of nitrogens with zero attached hydrogens (tertiary/aromatic N) is 4. The molecule has 0 bridgehead atoms. The van der Waals surface area contributed by atoms with E-state index in [0.29, 0.717) is 19.5 Å². The number of hydrogen-bond acceptors (Lipinski definition) is 5. The molecule has 1 aliphatic rings. The summed E-state index contributed by atoms with van der Waals surface area (Å²) in [5.41, 5.74) is 0. The Hall–Kier alpha value is -1.76. The first-order chi connectivity index (χ1) is 8.61. The molecule has 1 aromatic rings. The topological polar surface area (TPSA) is 80.1 Å². The molecule has 98 valence electrons. The Balaban J connectivity index is 1.81. The van der Waals surface area contributed by atoms with Crippen molar-refractivity contribution >= 4 is 11.8 Å². The largest absolute Gasteiger partial charge is 0.305 e. The second-order valence-corrected chi connectivity index (χ2v) is 4.27. The van der Waals surface area contributed by atoms with Gasteiger partial charge in [-0.05, 0) is 6.92 Å². The highest BCUT2D eigenvalue weighted by Gasteiger charge is 2.36. The molecule has 0 aliphatic carbocycles. The molecular formula is C11H17N5O2. The first-order valence-electron chi connectivity index (χ1n) is 6.04. The molecule has 7 nitrogen and oxygen atoms in total. The third kappa shape index (κ3) is 2.56. The van der Waals surface area contributed by atoms with Gasteiger partial charge >= 0.3 is 0 Å². The van der Waals surface area contributed by atoms with Gasteiger partial charge in [-0.25, -0.2) is 4.98 Å². The molecule has 18 heavy (non-hydrogen) atoms. The van der Waals surface area contributed by atoms with E-state index < -0.39 is 0 Å². The highest BCUT2D eigenvalue weighted by molar-refractivity contribution is 6.05. The van der Waals surface area contributed by atoms with E-state index in [-0.39, 0.29) is 24.3 Å². The molecule has 2 amide bonds. The lowest BCUT2D eigenvalue weighted by Gasteiger charge is -2.12. The molecule has 2 rings (SSSR count). The Labute approximate surface area is 105 Å². The molecule has 1 aromatic heterocycles. The van der Waals surface area contributed by atoms with Crippen LogP contribution in [0.2, 0.25) is 0 Å². The maximum Gasteiger partial charge on any atom is 0.246 e. The lowest BCUT2D eigenvalue weighted by Crippen LogP contribution is -2.39. The predicted molar refractivity (Wildman–Crippen MR) is 63.5 cm³/mol. The fourth-order valence-electron chi connectivity index (χ4n) is 2.03. The van der Waals surface area contributed by atoms with Crippen LogP contribution in [-0.4, -0.2) is 50.6 Å². The standard InChI is InChI=1S/C11H17N5O2/c1-3-16-10(17)6-8(11(16)18)12-5-4-9-13-7-15(2)14-9/h7-8,12H,3-6H2,1-2H3. The van der Waals surface area contributed by atoms with Gasteiger partial charge in [-0.3, -0.25) is 19.2 Å². The summed E-state index contributed by atoms with van der Waals surface area (Å²) in [6.45, 7) is 2.83. The number of imide groups is 1. The number of likely N-dealkylation sites (tertiary alicyclic amines) is 1. The van der Waals surface area contributed by atoms with E-state index in [1.54, 1.807) is 17.9 Å². The van der Waals surface area contributed by atoms with Crippen molar-refractivity contribution in [3.63, 3.8) is 0 Å². The molecule has 1 fully saturated rings. The summed E-state index contributed by atoms with van der Waals surface area (Å²) in [6, 6.07) is -0.388. The maximum atomic E-state index is 11.8. The van der Waals surface area contributed by atoms with Gasteiger partial charge in [0.1, 0.15) is 6.33 Å². The summed E-state index contributed by atoms with van der Waals surface area (Å²) in [6.07, 6.45) is 2.53. The van der Waals surface area contributed by atoms with Crippen molar-refractivity contribution in [3.05, 3.63) is 12.2 Å². The minimum absolute atomic E-state index is 0.101. The van der Waals surface area contributed by atoms with Crippen LogP contribution in [0.5, 0.6) is 0 Å². The molecule has 1 saturated heterocycles. The highest BCUT2D eigenvalue weighted by atomic mass is 16.2. The van der Waals surface area contributed by atoms with Crippen LogP contribution >= 0.6 is 0 Å². The Morgan fingerprint density at radius 3 is 2.83 bits per heavy atom. The van der Waals surface area contributed by atoms with E-state index in [9.17, 15) is 9.59 Å². The van der Waals surface area contributed by atoms with Crippen molar-refractivity contribution < 1.29 is 9.59 Å². The van der Waals surface area contributed by atoms with Crippen LogP contribution in [0.4, 0.5) is 0 Å². The zero-order valence-electron chi connectivity index (χ0n) is 10.6. The first-order valence-corrected chi connectivity index (χ1v) is 6.04. The second kappa shape index (κ2) is 5.26. The van der Waals surface area contributed by atoms with Gasteiger partial charge in [-0.15, -0.1) is 0 Å². The van der Waals surface area contributed by atoms with Crippen LogP contribution in [-0.2, 0) is 23.1 Å². The number of aromatic nitrogens is 3. The summed E-state index contributed by atoms with van der Waals surface area (Å²) in [4.78, 5) is 28.7. The Morgan fingerprint density at radius 2 is 2.28 bits per heavy atom. The summed E-state index contributed by atoms with van der Waals surface area (Å²) < 4.78 is 1.64. The molecule has 1 atom stereocenters. The van der Waals surface area contributed by atoms with Gasteiger partial charge < -0.3 is 5.32 Å². The Kier molecular flexibility index (Phi) is 3.71. The van der Waals surface area contributed by atoms with Gasteiger partial charge in [0.05, 0.1) is 12.5 Å². The number of carbonyl (C=O) groups is 2. The normalized spacial score (nSPS) is 19.9. The van der Waals surface area contributed by atoms with E-state index >= 15 is 0 Å². The molecular weight excluding hydrogens is 234 g/mol. The first kappa shape index (κ1) is 12.7. The summed E-state index contributed by atoms with van der Waals surface area (Å²) in [5, 5.41) is 7.23. The second-order valence-electron chi connectivity index (χ2n) is 4.27. The van der Waals surface area contributed by atoms with Crippen molar-refractivity contribution in [3.8, 4) is 0 Å². The number of nitrogens with one attached hydrogen (secondary N) is 1. The van der Waals surface area contributed by atoms with E-state index in [1.165, 1.54) is 4.90 Å². The van der Waals surface area contributed by atoms with Gasteiger partial charge in [0, 0.05) is 26.6 Å². The average Bonchev–Trinajstić information content (AvgIpc) is 2.85. The lowest BCUT2D eigenvalue weighted by molar-refractivity contribution is -0.138. The summed E-state index contributed by atoms with van der Waals surface area (Å²) >= 11 is 0. The van der Waals surface area contributed by atoms with E-state index in [0.717, 1.165) is 5.82 Å². The third-order valence-electron chi connectivity index (χ3n) is 2.95. The van der Waals surface area contributed by atoms with Crippen LogP contribution in [0.15, 0.2) is 6.33 Å². The highest BCUT2D eigenvalue weighted by Crippen LogP contribution is 2.12. The van der Waals surface area contributed by atoms with Crippen molar-refractivity contribution in [2.45, 2.75) is 25.8 Å². The van der Waals surface area contributed by atoms with Gasteiger partial charge in [0.2, 0.25) is 11.8 Å². The van der Waals surface area contributed by atoms with E-state index in [2.05, 4.69) is 15.4 Å². The number of amides is 2. The minimum atomic E-state index is -0.388. The maximum absolute atomic E-state index is 11.8. The smallest absolute Gasteiger partial charge is 0.246 e. The number of rotatable bonds is 5. The van der Waals surface area contributed by atoms with Crippen molar-refractivity contribution in [2.24, 2.45) is 7.05 Å². The van der Waals surface area contributed by atoms with Crippen molar-refractivity contribution in [1.82, 2.24) is 25.0 Å². The number of carbonyl (C=O) groups excluding carboxylic acids is 2. The molecule has 1 unspecified atom stereocenters. The van der Waals surface area contributed by atoms with Crippen molar-refractivity contribution in [2.75, 3.05) is 13.1 Å². The molecule has 1 N–H and O–H groups in total. The van der Waals surface area contributed by atoms with Gasteiger partial charge in [0.25, 0.3) is 0 Å². The molecule has 1 aliphatic heterocycles. The fraction of sp³-hybridized carbons (Fsp3) is 0.636. The van der Waals surface area contributed by atoms with Gasteiger partial charge in [-0.1, -0.05) is 0 Å². The fourth-order valence-corrected chi connectivity index (χ4v) is 2.03. The number of aryl methyl sites for hydroxylation is 1. The van der Waals surface area contributed by atoms with Crippen LogP contribution in [0.3, 0.4) is 0 Å². The average molecular weight is 251 g/mol. The molecule has 2 heterocycles. The van der Waals surface area contributed by atoms with Crippen LogP contribution < -0.4 is 5.32 Å². The molecule has 0 spiro atoms.